The van der Waals surface area contributed by atoms with E-state index in [0.29, 0.717) is 48.4 Å². The van der Waals surface area contributed by atoms with Crippen LogP contribution >= 0.6 is 0 Å². The Hall–Kier alpha value is -8.04. The lowest BCUT2D eigenvalue weighted by atomic mass is 9.77. The molecule has 2 aliphatic rings. The van der Waals surface area contributed by atoms with E-state index in [4.69, 9.17) is 9.97 Å². The van der Waals surface area contributed by atoms with Gasteiger partial charge in [0.25, 0.3) is 11.8 Å². The van der Waals surface area contributed by atoms with Gasteiger partial charge in [0.05, 0.1) is 34.6 Å². The molecule has 342 valence electrons. The lowest BCUT2D eigenvalue weighted by Gasteiger charge is -2.40. The second-order valence-electron chi connectivity index (χ2n) is 19.0. The van der Waals surface area contributed by atoms with Crippen LogP contribution in [0.25, 0.3) is 54.5 Å². The molecule has 8 heteroatoms. The molecular formula is C62H50N4O4. The molecule has 8 nitrogen and oxygen atoms in total. The van der Waals surface area contributed by atoms with E-state index >= 15 is 0 Å². The van der Waals surface area contributed by atoms with Gasteiger partial charge in [-0.25, -0.2) is 0 Å². The molecule has 10 aromatic rings. The number of carbonyl (C=O) groups excluding carboxylic acids is 2. The molecule has 0 spiro atoms. The van der Waals surface area contributed by atoms with Gasteiger partial charge >= 0.3 is 0 Å². The van der Waals surface area contributed by atoms with Crippen LogP contribution in [0.5, 0.6) is 0 Å². The highest BCUT2D eigenvalue weighted by Gasteiger charge is 2.49. The maximum absolute atomic E-state index is 14.6. The number of likely N-dealkylation sites (tertiary alicyclic amines) is 2. The lowest BCUT2D eigenvalue weighted by Crippen LogP contribution is -2.50. The average Bonchev–Trinajstić information content (AvgIpc) is 4.14. The molecule has 2 aliphatic heterocycles. The molecule has 70 heavy (non-hydrogen) atoms. The van der Waals surface area contributed by atoms with Crippen LogP contribution in [-0.2, 0) is 11.2 Å². The SMILES string of the molecule is O=C(c1ccc(-c2ccc(C(=O)N3CCC[C@H]3C(O)(c3ccc4ccccc4c3)c3ccc4ccccc4c3)cn2)nc1)N1CCC[C@H]1C(O)(c1ccc2ccccc2c1)c1ccc2ccccc2c1. The third-order valence-electron chi connectivity index (χ3n) is 15.0. The van der Waals surface area contributed by atoms with Gasteiger partial charge in [-0.3, -0.25) is 19.6 Å². The van der Waals surface area contributed by atoms with Crippen molar-refractivity contribution in [2.75, 3.05) is 13.1 Å². The van der Waals surface area contributed by atoms with Gasteiger partial charge in [0, 0.05) is 25.5 Å². The number of hydrogen-bond acceptors (Lipinski definition) is 6. The molecule has 2 saturated heterocycles. The number of amides is 2. The van der Waals surface area contributed by atoms with Crippen molar-refractivity contribution < 1.29 is 19.8 Å². The second-order valence-corrected chi connectivity index (χ2v) is 19.0. The van der Waals surface area contributed by atoms with Crippen LogP contribution in [0.4, 0.5) is 0 Å². The monoisotopic (exact) mass is 914 g/mol. The molecular weight excluding hydrogens is 865 g/mol. The Morgan fingerprint density at radius 3 is 0.986 bits per heavy atom. The van der Waals surface area contributed by atoms with Crippen molar-refractivity contribution in [1.82, 2.24) is 19.8 Å². The van der Waals surface area contributed by atoms with Crippen LogP contribution in [0.1, 0.15) is 68.7 Å². The Morgan fingerprint density at radius 2 is 0.700 bits per heavy atom. The first-order chi connectivity index (χ1) is 34.3. The van der Waals surface area contributed by atoms with Crippen LogP contribution in [-0.4, -0.2) is 67.0 Å². The molecule has 4 heterocycles. The molecule has 8 aromatic carbocycles. The molecule has 0 aliphatic carbocycles. The predicted octanol–water partition coefficient (Wildman–Crippen LogP) is 11.8. The summed E-state index contributed by atoms with van der Waals surface area (Å²) >= 11 is 0. The Balaban J connectivity index is 0.814. The van der Waals surface area contributed by atoms with E-state index in [1.54, 1.807) is 36.7 Å². The van der Waals surface area contributed by atoms with Crippen LogP contribution in [0.2, 0.25) is 0 Å². The zero-order valence-corrected chi connectivity index (χ0v) is 38.5. The third-order valence-corrected chi connectivity index (χ3v) is 15.0. The molecule has 0 saturated carbocycles. The fourth-order valence-corrected chi connectivity index (χ4v) is 11.4. The summed E-state index contributed by atoms with van der Waals surface area (Å²) in [6.07, 6.45) is 5.87. The maximum Gasteiger partial charge on any atom is 0.255 e. The summed E-state index contributed by atoms with van der Waals surface area (Å²) in [6.45, 7) is 0.983. The highest BCUT2D eigenvalue weighted by Crippen LogP contribution is 2.45. The second kappa shape index (κ2) is 17.5. The Labute approximate surface area is 406 Å². The summed E-state index contributed by atoms with van der Waals surface area (Å²) in [6, 6.07) is 62.8. The van der Waals surface area contributed by atoms with Crippen molar-refractivity contribution >= 4 is 54.9 Å². The van der Waals surface area contributed by atoms with Crippen LogP contribution in [0.3, 0.4) is 0 Å². The maximum atomic E-state index is 14.6. The zero-order valence-electron chi connectivity index (χ0n) is 38.5. The normalized spacial score (nSPS) is 16.4. The number of hydrogen-bond donors (Lipinski definition) is 2. The molecule has 0 unspecified atom stereocenters. The summed E-state index contributed by atoms with van der Waals surface area (Å²) in [5.74, 6) is -0.411. The highest BCUT2D eigenvalue weighted by atomic mass is 16.3. The third kappa shape index (κ3) is 7.39. The molecule has 2 N–H and O–H groups in total. The first-order valence-corrected chi connectivity index (χ1v) is 24.2. The molecule has 12 rings (SSSR count). The summed E-state index contributed by atoms with van der Waals surface area (Å²) in [7, 11) is 0. The number of benzene rings is 8. The fraction of sp³-hybridized carbons (Fsp3) is 0.161. The largest absolute Gasteiger partial charge is 0.378 e. The standard InChI is InChI=1S/C62H50N4O4/c67-59(65-33-9-19-57(65)61(69,51-27-21-41-11-1-5-15-45(41)35-51)52-28-22-42-12-2-6-16-46(42)36-52)49-25-31-55(63-39-49)56-32-26-50(40-64-56)60(68)66-34-10-20-58(66)62(70,53-29-23-43-13-3-7-17-47(43)37-53)54-30-24-44-14-4-8-18-48(44)38-54/h1-8,11-18,21-32,35-40,57-58,69-70H,9-10,19-20,33-34H2/t57-,58-/m0/s1. The molecule has 0 bridgehead atoms. The van der Waals surface area contributed by atoms with Gasteiger partial charge in [-0.05, 0) is 140 Å². The highest BCUT2D eigenvalue weighted by molar-refractivity contribution is 5.96. The van der Waals surface area contributed by atoms with Gasteiger partial charge in [-0.15, -0.1) is 0 Å². The molecule has 0 radical (unpaired) electrons. The fourth-order valence-electron chi connectivity index (χ4n) is 11.4. The summed E-state index contributed by atoms with van der Waals surface area (Å²) in [4.78, 5) is 42.2. The Kier molecular flexibility index (Phi) is 10.8. The predicted molar refractivity (Wildman–Crippen MR) is 277 cm³/mol. The van der Waals surface area contributed by atoms with E-state index in [9.17, 15) is 19.8 Å². The molecule has 2 aromatic heterocycles. The quantitative estimate of drug-likeness (QED) is 0.149. The zero-order chi connectivity index (χ0) is 47.4. The number of pyridine rings is 2. The first kappa shape index (κ1) is 43.3. The van der Waals surface area contributed by atoms with E-state index in [2.05, 4.69) is 72.8 Å². The number of nitrogens with zero attached hydrogens (tertiary/aromatic N) is 4. The minimum atomic E-state index is -1.50. The number of carbonyl (C=O) groups is 2. The van der Waals surface area contributed by atoms with E-state index < -0.39 is 23.3 Å². The summed E-state index contributed by atoms with van der Waals surface area (Å²) in [5, 5.41) is 34.8. The van der Waals surface area contributed by atoms with Crippen LogP contribution in [0.15, 0.2) is 207 Å². The van der Waals surface area contributed by atoms with Gasteiger partial charge in [-0.1, -0.05) is 146 Å². The molecule has 2 amide bonds. The Bertz CT molecular complexity index is 3230. The van der Waals surface area contributed by atoms with Crippen molar-refractivity contribution in [3.8, 4) is 11.4 Å². The molecule has 2 atom stereocenters. The van der Waals surface area contributed by atoms with Gasteiger partial charge in [0.15, 0.2) is 0 Å². The minimum absolute atomic E-state index is 0.206. The van der Waals surface area contributed by atoms with Crippen molar-refractivity contribution in [3.05, 3.63) is 240 Å². The lowest BCUT2D eigenvalue weighted by molar-refractivity contribution is -0.000566. The minimum Gasteiger partial charge on any atom is -0.378 e. The number of rotatable bonds is 9. The number of fused-ring (bicyclic) bond motifs is 4. The Morgan fingerprint density at radius 1 is 0.400 bits per heavy atom. The van der Waals surface area contributed by atoms with Gasteiger partial charge in [0.1, 0.15) is 11.2 Å². The van der Waals surface area contributed by atoms with E-state index in [1.165, 1.54) is 0 Å². The van der Waals surface area contributed by atoms with Crippen LogP contribution in [0, 0.1) is 0 Å². The van der Waals surface area contributed by atoms with Gasteiger partial charge in [0.2, 0.25) is 0 Å². The number of aliphatic hydroxyl groups is 2. The van der Waals surface area contributed by atoms with Gasteiger partial charge < -0.3 is 20.0 Å². The molecule has 2 fully saturated rings. The summed E-state index contributed by atoms with van der Waals surface area (Å²) in [5.41, 5.74) is 1.86. The van der Waals surface area contributed by atoms with Crippen molar-refractivity contribution in [2.45, 2.75) is 49.0 Å². The van der Waals surface area contributed by atoms with E-state index in [0.717, 1.165) is 78.2 Å². The average molecular weight is 915 g/mol. The topological polar surface area (TPSA) is 107 Å². The van der Waals surface area contributed by atoms with Crippen molar-refractivity contribution in [1.29, 1.82) is 0 Å². The van der Waals surface area contributed by atoms with Crippen molar-refractivity contribution in [3.63, 3.8) is 0 Å². The van der Waals surface area contributed by atoms with Crippen LogP contribution < -0.4 is 0 Å². The smallest absolute Gasteiger partial charge is 0.255 e. The van der Waals surface area contributed by atoms with Gasteiger partial charge in [-0.2, -0.15) is 0 Å². The van der Waals surface area contributed by atoms with Crippen molar-refractivity contribution in [2.24, 2.45) is 0 Å². The first-order valence-electron chi connectivity index (χ1n) is 24.2. The summed E-state index contributed by atoms with van der Waals surface area (Å²) < 4.78 is 0. The number of aromatic nitrogens is 2. The van der Waals surface area contributed by atoms with E-state index in [1.807, 2.05) is 107 Å². The van der Waals surface area contributed by atoms with E-state index in [-0.39, 0.29) is 11.8 Å².